The summed E-state index contributed by atoms with van der Waals surface area (Å²) in [4.78, 5) is 12.3. The number of ketones is 1. The molecule has 0 heterocycles. The summed E-state index contributed by atoms with van der Waals surface area (Å²) in [7, 11) is 0. The van der Waals surface area contributed by atoms with Gasteiger partial charge in [0.05, 0.1) is 6.10 Å². The van der Waals surface area contributed by atoms with Crippen LogP contribution >= 0.6 is 12.3 Å². The van der Waals surface area contributed by atoms with Crippen molar-refractivity contribution in [3.63, 3.8) is 0 Å². The summed E-state index contributed by atoms with van der Waals surface area (Å²) in [5.74, 6) is 0.841. The molecule has 2 unspecified atom stereocenters. The van der Waals surface area contributed by atoms with Crippen LogP contribution in [0, 0.1) is 5.41 Å². The summed E-state index contributed by atoms with van der Waals surface area (Å²) in [6.45, 7) is 2.16. The van der Waals surface area contributed by atoms with Crippen molar-refractivity contribution in [1.29, 1.82) is 0 Å². The zero-order chi connectivity index (χ0) is 16.7. The fraction of sp³-hybridized carbons (Fsp3) is 0.611. The molecule has 4 rings (SSSR count). The van der Waals surface area contributed by atoms with E-state index in [1.807, 2.05) is 0 Å². The van der Waals surface area contributed by atoms with Crippen LogP contribution in [0.25, 0.3) is 0 Å². The van der Waals surface area contributed by atoms with Gasteiger partial charge in [-0.25, -0.2) is 0 Å². The molecule has 1 fully saturated rings. The summed E-state index contributed by atoms with van der Waals surface area (Å²) >= 11 is 0.603. The fourth-order valence-corrected chi connectivity index (χ4v) is 5.30. The van der Waals surface area contributed by atoms with Crippen molar-refractivity contribution in [3.05, 3.63) is 34.4 Å². The molecule has 0 aliphatic heterocycles. The molecule has 7 heteroatoms. The first-order valence-corrected chi connectivity index (χ1v) is 9.25. The van der Waals surface area contributed by atoms with Crippen molar-refractivity contribution in [3.8, 4) is 0 Å². The topological polar surface area (TPSA) is 67.8 Å². The third-order valence-corrected chi connectivity index (χ3v) is 6.76. The number of benzene rings is 1. The van der Waals surface area contributed by atoms with Crippen LogP contribution in [-0.4, -0.2) is 11.9 Å². The molecule has 1 saturated carbocycles. The van der Waals surface area contributed by atoms with E-state index in [1.165, 1.54) is 22.3 Å². The maximum absolute atomic E-state index is 12.3. The van der Waals surface area contributed by atoms with Crippen molar-refractivity contribution in [2.45, 2.75) is 63.9 Å². The number of hydrogen-bond acceptors (Lipinski definition) is 6. The number of carbonyl (C=O) groups excluding carboxylic acids is 1. The summed E-state index contributed by atoms with van der Waals surface area (Å²) in [6, 6.07) is 4.44. The third-order valence-electron chi connectivity index (χ3n) is 6.30. The van der Waals surface area contributed by atoms with Crippen LogP contribution in [0.1, 0.15) is 60.8 Å². The van der Waals surface area contributed by atoms with Gasteiger partial charge in [0.2, 0.25) is 0 Å². The summed E-state index contributed by atoms with van der Waals surface area (Å²) in [6.07, 6.45) is 6.42. The molecule has 1 aromatic carbocycles. The summed E-state index contributed by atoms with van der Waals surface area (Å²) in [5, 5.41) is 13.1. The van der Waals surface area contributed by atoms with Gasteiger partial charge in [-0.2, -0.15) is 0 Å². The third kappa shape index (κ3) is 3.48. The van der Waals surface area contributed by atoms with E-state index in [0.29, 0.717) is 24.0 Å². The van der Waals surface area contributed by atoms with Gasteiger partial charge in [0.1, 0.15) is 5.78 Å². The molecule has 0 saturated heterocycles. The van der Waals surface area contributed by atoms with Crippen LogP contribution in [0.5, 0.6) is 0 Å². The van der Waals surface area contributed by atoms with Gasteiger partial charge >= 0.3 is 29.6 Å². The standard InChI is InChI=1S/C18H22O5S.Na/c1-18-9-8-14-13-5-3-12(21-24-23-22-20)10-11(13)2-4-15(14)16(18)6-7-17(18)19;/h2,4,12,16,20H,3,5-10H2,1H3;/q;+1/p-1/t12-,16?,18?;/m0./s1. The van der Waals surface area contributed by atoms with E-state index in [9.17, 15) is 10.1 Å². The van der Waals surface area contributed by atoms with Gasteiger partial charge in [-0.3, -0.25) is 14.0 Å². The molecule has 0 spiro atoms. The first-order valence-electron chi connectivity index (χ1n) is 8.59. The first kappa shape index (κ1) is 19.8. The second kappa shape index (κ2) is 7.98. The molecule has 1 aromatic rings. The van der Waals surface area contributed by atoms with Gasteiger partial charge in [-0.05, 0) is 60.3 Å². The largest absolute Gasteiger partial charge is 1.00 e. The molecule has 0 amide bonds. The van der Waals surface area contributed by atoms with Crippen molar-refractivity contribution in [1.82, 2.24) is 0 Å². The van der Waals surface area contributed by atoms with Crippen LogP contribution in [-0.2, 0) is 37.6 Å². The smallest absolute Gasteiger partial charge is 0.691 e. The van der Waals surface area contributed by atoms with Crippen molar-refractivity contribution in [2.24, 2.45) is 5.41 Å². The molecule has 130 valence electrons. The Kier molecular flexibility index (Phi) is 6.33. The average Bonchev–Trinajstić information content (AvgIpc) is 2.90. The molecule has 3 atom stereocenters. The van der Waals surface area contributed by atoms with E-state index in [1.54, 1.807) is 0 Å². The average molecular weight is 372 g/mol. The van der Waals surface area contributed by atoms with Crippen LogP contribution in [0.4, 0.5) is 0 Å². The quantitative estimate of drug-likeness (QED) is 0.239. The molecule has 3 aliphatic rings. The monoisotopic (exact) mass is 372 g/mol. The van der Waals surface area contributed by atoms with Crippen molar-refractivity contribution < 1.29 is 53.2 Å². The van der Waals surface area contributed by atoms with Gasteiger partial charge in [-0.1, -0.05) is 19.1 Å². The van der Waals surface area contributed by atoms with Crippen LogP contribution in [0.3, 0.4) is 0 Å². The Hall–Kier alpha value is 0.0800. The van der Waals surface area contributed by atoms with Gasteiger partial charge < -0.3 is 5.26 Å². The maximum Gasteiger partial charge on any atom is 1.00 e. The molecular weight excluding hydrogens is 351 g/mol. The number of fused-ring (bicyclic) bond motifs is 5. The van der Waals surface area contributed by atoms with E-state index in [4.69, 9.17) is 4.18 Å². The van der Waals surface area contributed by atoms with Crippen LogP contribution in [0.2, 0.25) is 0 Å². The van der Waals surface area contributed by atoms with Gasteiger partial charge in [-0.15, -0.1) is 4.33 Å². The Morgan fingerprint density at radius 2 is 2.04 bits per heavy atom. The fourth-order valence-electron chi connectivity index (χ4n) is 4.97. The predicted octanol–water partition coefficient (Wildman–Crippen LogP) is -0.250. The number of hydrogen-bond donors (Lipinski definition) is 0. The van der Waals surface area contributed by atoms with E-state index in [2.05, 4.69) is 28.4 Å². The summed E-state index contributed by atoms with van der Waals surface area (Å²) < 4.78 is 9.64. The molecule has 0 N–H and O–H groups in total. The number of Topliss-reactive ketones (excluding diaryl/α,β-unsaturated/α-hetero) is 1. The Morgan fingerprint density at radius 3 is 2.84 bits per heavy atom. The first-order chi connectivity index (χ1) is 11.6. The molecule has 0 aromatic heterocycles. The van der Waals surface area contributed by atoms with Crippen LogP contribution < -0.4 is 34.8 Å². The van der Waals surface area contributed by atoms with E-state index < -0.39 is 0 Å². The zero-order valence-electron chi connectivity index (χ0n) is 14.7. The Balaban J connectivity index is 0.00000182. The molecule has 3 aliphatic carbocycles. The molecule has 25 heavy (non-hydrogen) atoms. The summed E-state index contributed by atoms with van der Waals surface area (Å²) in [5.41, 5.74) is 5.52. The molecule has 0 bridgehead atoms. The molecule has 5 nitrogen and oxygen atoms in total. The van der Waals surface area contributed by atoms with Crippen molar-refractivity contribution in [2.75, 3.05) is 0 Å². The minimum atomic E-state index is -0.145. The Labute approximate surface area is 174 Å². The molecule has 0 radical (unpaired) electrons. The van der Waals surface area contributed by atoms with Crippen LogP contribution in [0.15, 0.2) is 12.1 Å². The Bertz CT molecular complexity index is 667. The minimum absolute atomic E-state index is 0. The van der Waals surface area contributed by atoms with Gasteiger partial charge in [0.15, 0.2) is 12.3 Å². The van der Waals surface area contributed by atoms with Crippen molar-refractivity contribution >= 4 is 18.1 Å². The van der Waals surface area contributed by atoms with E-state index in [0.717, 1.165) is 44.9 Å². The minimum Gasteiger partial charge on any atom is -0.691 e. The van der Waals surface area contributed by atoms with E-state index in [-0.39, 0.29) is 41.1 Å². The number of rotatable bonds is 4. The predicted molar refractivity (Wildman–Crippen MR) is 86.5 cm³/mol. The zero-order valence-corrected chi connectivity index (χ0v) is 17.5. The Morgan fingerprint density at radius 1 is 1.20 bits per heavy atom. The van der Waals surface area contributed by atoms with Gasteiger partial charge in [0, 0.05) is 18.3 Å². The maximum atomic E-state index is 12.3. The normalized spacial score (nSPS) is 30.2. The SMILES string of the molecule is CC12CCc3c(ccc4c3CC[C@H](OSOO[O-])C4)C1CCC2=O.[Na+]. The van der Waals surface area contributed by atoms with Gasteiger partial charge in [0.25, 0.3) is 0 Å². The van der Waals surface area contributed by atoms with E-state index >= 15 is 0 Å². The number of carbonyl (C=O) groups is 1. The second-order valence-corrected chi connectivity index (χ2v) is 7.83. The second-order valence-electron chi connectivity index (χ2n) is 7.37. The molecular formula is C18H21NaO5S.